The van der Waals surface area contributed by atoms with Crippen LogP contribution >= 0.6 is 0 Å². The standard InChI is InChI=1S/C15H27NO/c1-3-17-14-10-13(15(14)8-4-5-9-15)16-11(2)12-6-7-12/h11-14,16H,3-10H2,1-2H3. The lowest BCUT2D eigenvalue weighted by atomic mass is 9.60. The van der Waals surface area contributed by atoms with Gasteiger partial charge < -0.3 is 10.1 Å². The maximum atomic E-state index is 5.96. The molecule has 0 bridgehead atoms. The molecule has 1 N–H and O–H groups in total. The van der Waals surface area contributed by atoms with E-state index in [9.17, 15) is 0 Å². The van der Waals surface area contributed by atoms with Crippen molar-refractivity contribution in [2.75, 3.05) is 6.61 Å². The molecule has 0 aliphatic heterocycles. The fourth-order valence-corrected chi connectivity index (χ4v) is 4.17. The quantitative estimate of drug-likeness (QED) is 0.793. The van der Waals surface area contributed by atoms with Crippen molar-refractivity contribution in [3.8, 4) is 0 Å². The molecule has 2 nitrogen and oxygen atoms in total. The fraction of sp³-hybridized carbons (Fsp3) is 1.00. The number of rotatable bonds is 5. The van der Waals surface area contributed by atoms with Gasteiger partial charge in [0.05, 0.1) is 6.10 Å². The largest absolute Gasteiger partial charge is 0.378 e. The van der Waals surface area contributed by atoms with Gasteiger partial charge in [0.15, 0.2) is 0 Å². The van der Waals surface area contributed by atoms with Gasteiger partial charge in [-0.15, -0.1) is 0 Å². The van der Waals surface area contributed by atoms with Crippen LogP contribution in [0.4, 0.5) is 0 Å². The first-order valence-electron chi connectivity index (χ1n) is 7.64. The summed E-state index contributed by atoms with van der Waals surface area (Å²) in [5, 5.41) is 3.92. The Morgan fingerprint density at radius 2 is 2.00 bits per heavy atom. The van der Waals surface area contributed by atoms with E-state index in [0.29, 0.717) is 11.5 Å². The van der Waals surface area contributed by atoms with Crippen LogP contribution in [-0.2, 0) is 4.74 Å². The van der Waals surface area contributed by atoms with Gasteiger partial charge in [0.2, 0.25) is 0 Å². The highest BCUT2D eigenvalue weighted by molar-refractivity contribution is 5.10. The first-order valence-corrected chi connectivity index (χ1v) is 7.64. The van der Waals surface area contributed by atoms with Gasteiger partial charge >= 0.3 is 0 Å². The third-order valence-corrected chi connectivity index (χ3v) is 5.48. The molecule has 3 saturated carbocycles. The highest BCUT2D eigenvalue weighted by Gasteiger charge is 2.57. The third kappa shape index (κ3) is 2.04. The molecule has 3 rings (SSSR count). The SMILES string of the molecule is CCOC1CC(NC(C)C2CC2)C12CCCC2. The lowest BCUT2D eigenvalue weighted by Crippen LogP contribution is -2.64. The average Bonchev–Trinajstić information content (AvgIpc) is 3.04. The molecular weight excluding hydrogens is 210 g/mol. The van der Waals surface area contributed by atoms with E-state index in [0.717, 1.165) is 24.6 Å². The van der Waals surface area contributed by atoms with Crippen molar-refractivity contribution in [3.05, 3.63) is 0 Å². The normalized spacial score (nSPS) is 37.1. The van der Waals surface area contributed by atoms with Gasteiger partial charge in [-0.3, -0.25) is 0 Å². The molecule has 0 aromatic rings. The highest BCUT2D eigenvalue weighted by Crippen LogP contribution is 2.55. The summed E-state index contributed by atoms with van der Waals surface area (Å²) in [5.41, 5.74) is 0.513. The van der Waals surface area contributed by atoms with Crippen LogP contribution in [0.2, 0.25) is 0 Å². The minimum absolute atomic E-state index is 0.513. The van der Waals surface area contributed by atoms with Gasteiger partial charge in [0, 0.05) is 24.1 Å². The molecule has 98 valence electrons. The van der Waals surface area contributed by atoms with Gasteiger partial charge in [-0.25, -0.2) is 0 Å². The van der Waals surface area contributed by atoms with Crippen LogP contribution in [0.15, 0.2) is 0 Å². The summed E-state index contributed by atoms with van der Waals surface area (Å²) in [6, 6.07) is 1.48. The van der Waals surface area contributed by atoms with Gasteiger partial charge in [0.1, 0.15) is 0 Å². The molecule has 0 amide bonds. The lowest BCUT2D eigenvalue weighted by Gasteiger charge is -2.55. The molecule has 0 heterocycles. The predicted octanol–water partition coefficient (Wildman–Crippen LogP) is 3.11. The topological polar surface area (TPSA) is 21.3 Å². The maximum Gasteiger partial charge on any atom is 0.0661 e. The van der Waals surface area contributed by atoms with E-state index in [1.54, 1.807) is 0 Å². The van der Waals surface area contributed by atoms with Crippen LogP contribution in [-0.4, -0.2) is 24.8 Å². The molecular formula is C15H27NO. The van der Waals surface area contributed by atoms with Crippen molar-refractivity contribution in [2.45, 2.75) is 77.0 Å². The molecule has 0 aromatic heterocycles. The van der Waals surface area contributed by atoms with E-state index in [4.69, 9.17) is 4.74 Å². The Balaban J connectivity index is 1.61. The Labute approximate surface area is 105 Å². The van der Waals surface area contributed by atoms with Crippen molar-refractivity contribution in [1.82, 2.24) is 5.32 Å². The van der Waals surface area contributed by atoms with Crippen LogP contribution in [0, 0.1) is 11.3 Å². The van der Waals surface area contributed by atoms with Crippen LogP contribution in [0.25, 0.3) is 0 Å². The summed E-state index contributed by atoms with van der Waals surface area (Å²) in [4.78, 5) is 0. The summed E-state index contributed by atoms with van der Waals surface area (Å²) >= 11 is 0. The Morgan fingerprint density at radius 3 is 2.59 bits per heavy atom. The third-order valence-electron chi connectivity index (χ3n) is 5.48. The van der Waals surface area contributed by atoms with Crippen LogP contribution in [0.1, 0.15) is 58.8 Å². The second kappa shape index (κ2) is 4.55. The zero-order chi connectivity index (χ0) is 11.9. The Kier molecular flexibility index (Phi) is 3.20. The first-order chi connectivity index (χ1) is 8.26. The molecule has 3 unspecified atom stereocenters. The van der Waals surface area contributed by atoms with E-state index in [-0.39, 0.29) is 0 Å². The Morgan fingerprint density at radius 1 is 1.29 bits per heavy atom. The molecule has 0 radical (unpaired) electrons. The highest BCUT2D eigenvalue weighted by atomic mass is 16.5. The number of ether oxygens (including phenoxy) is 1. The van der Waals surface area contributed by atoms with Crippen molar-refractivity contribution >= 4 is 0 Å². The summed E-state index contributed by atoms with van der Waals surface area (Å²) in [6.07, 6.45) is 10.3. The van der Waals surface area contributed by atoms with Crippen molar-refractivity contribution < 1.29 is 4.74 Å². The first kappa shape index (κ1) is 12.0. The van der Waals surface area contributed by atoms with Gasteiger partial charge in [-0.1, -0.05) is 12.8 Å². The molecule has 1 spiro atoms. The molecule has 3 fully saturated rings. The monoisotopic (exact) mass is 237 g/mol. The van der Waals surface area contributed by atoms with E-state index in [1.165, 1.54) is 44.9 Å². The summed E-state index contributed by atoms with van der Waals surface area (Å²) in [6.45, 7) is 5.40. The van der Waals surface area contributed by atoms with E-state index < -0.39 is 0 Å². The van der Waals surface area contributed by atoms with Crippen molar-refractivity contribution in [2.24, 2.45) is 11.3 Å². The van der Waals surface area contributed by atoms with Crippen LogP contribution < -0.4 is 5.32 Å². The Hall–Kier alpha value is -0.0800. The minimum Gasteiger partial charge on any atom is -0.378 e. The predicted molar refractivity (Wildman–Crippen MR) is 70.0 cm³/mol. The number of nitrogens with one attached hydrogen (secondary N) is 1. The summed E-state index contributed by atoms with van der Waals surface area (Å²) in [7, 11) is 0. The maximum absolute atomic E-state index is 5.96. The molecule has 2 heteroatoms. The van der Waals surface area contributed by atoms with Crippen LogP contribution in [0.5, 0.6) is 0 Å². The van der Waals surface area contributed by atoms with Crippen molar-refractivity contribution in [3.63, 3.8) is 0 Å². The molecule has 0 aromatic carbocycles. The van der Waals surface area contributed by atoms with Gasteiger partial charge in [0.25, 0.3) is 0 Å². The summed E-state index contributed by atoms with van der Waals surface area (Å²) in [5.74, 6) is 0.972. The Bertz CT molecular complexity index is 268. The van der Waals surface area contributed by atoms with E-state index in [2.05, 4.69) is 19.2 Å². The second-order valence-electron chi connectivity index (χ2n) is 6.47. The van der Waals surface area contributed by atoms with Gasteiger partial charge in [-0.05, 0) is 51.9 Å². The smallest absolute Gasteiger partial charge is 0.0661 e. The number of hydrogen-bond acceptors (Lipinski definition) is 2. The lowest BCUT2D eigenvalue weighted by molar-refractivity contribution is -0.132. The van der Waals surface area contributed by atoms with Crippen molar-refractivity contribution in [1.29, 1.82) is 0 Å². The molecule has 3 aliphatic rings. The number of hydrogen-bond donors (Lipinski definition) is 1. The van der Waals surface area contributed by atoms with E-state index >= 15 is 0 Å². The minimum atomic E-state index is 0.513. The zero-order valence-corrected chi connectivity index (χ0v) is 11.4. The fourth-order valence-electron chi connectivity index (χ4n) is 4.17. The van der Waals surface area contributed by atoms with Gasteiger partial charge in [-0.2, -0.15) is 0 Å². The molecule has 0 saturated heterocycles. The molecule has 3 atom stereocenters. The average molecular weight is 237 g/mol. The molecule has 17 heavy (non-hydrogen) atoms. The summed E-state index contributed by atoms with van der Waals surface area (Å²) < 4.78 is 5.96. The zero-order valence-electron chi connectivity index (χ0n) is 11.4. The van der Waals surface area contributed by atoms with E-state index in [1.807, 2.05) is 0 Å². The van der Waals surface area contributed by atoms with Crippen LogP contribution in [0.3, 0.4) is 0 Å². The molecule has 3 aliphatic carbocycles. The second-order valence-corrected chi connectivity index (χ2v) is 6.47.